The molecule has 0 atom stereocenters. The molecule has 0 fully saturated rings. The van der Waals surface area contributed by atoms with Gasteiger partial charge >= 0.3 is 6.03 Å². The van der Waals surface area contributed by atoms with Crippen LogP contribution in [0.4, 0.5) is 16.3 Å². The molecule has 0 aliphatic rings. The van der Waals surface area contributed by atoms with Gasteiger partial charge in [-0.25, -0.2) is 4.79 Å². The number of nitriles is 1. The van der Waals surface area contributed by atoms with E-state index < -0.39 is 6.03 Å². The SMILES string of the molecule is CC(=O)c1ccc(NC(=O)Nc2nn(C)cc2C#N)cc1. The first kappa shape index (κ1) is 14.3. The maximum Gasteiger partial charge on any atom is 0.324 e. The monoisotopic (exact) mass is 283 g/mol. The van der Waals surface area contributed by atoms with E-state index in [1.807, 2.05) is 6.07 Å². The number of nitrogens with zero attached hydrogens (tertiary/aromatic N) is 3. The van der Waals surface area contributed by atoms with Gasteiger partial charge in [-0.2, -0.15) is 10.4 Å². The summed E-state index contributed by atoms with van der Waals surface area (Å²) in [4.78, 5) is 23.0. The molecule has 0 saturated heterocycles. The number of aromatic nitrogens is 2. The Morgan fingerprint density at radius 1 is 1.24 bits per heavy atom. The van der Waals surface area contributed by atoms with Gasteiger partial charge in [0.25, 0.3) is 0 Å². The maximum atomic E-state index is 11.8. The van der Waals surface area contributed by atoms with Crippen LogP contribution >= 0.6 is 0 Å². The van der Waals surface area contributed by atoms with Crippen LogP contribution in [0.5, 0.6) is 0 Å². The molecule has 0 radical (unpaired) electrons. The van der Waals surface area contributed by atoms with Crippen molar-refractivity contribution in [3.8, 4) is 6.07 Å². The lowest BCUT2D eigenvalue weighted by molar-refractivity contribution is 0.101. The van der Waals surface area contributed by atoms with E-state index in [0.717, 1.165) is 0 Å². The molecule has 7 nitrogen and oxygen atoms in total. The van der Waals surface area contributed by atoms with E-state index in [1.165, 1.54) is 17.8 Å². The molecule has 7 heteroatoms. The molecule has 0 aliphatic carbocycles. The van der Waals surface area contributed by atoms with Gasteiger partial charge in [0.1, 0.15) is 11.6 Å². The van der Waals surface area contributed by atoms with Gasteiger partial charge in [0, 0.05) is 24.5 Å². The minimum atomic E-state index is -0.513. The summed E-state index contributed by atoms with van der Waals surface area (Å²) in [6.07, 6.45) is 1.51. The Hall–Kier alpha value is -3.14. The molecule has 21 heavy (non-hydrogen) atoms. The van der Waals surface area contributed by atoms with Crippen molar-refractivity contribution >= 4 is 23.3 Å². The van der Waals surface area contributed by atoms with Crippen molar-refractivity contribution in [3.63, 3.8) is 0 Å². The Kier molecular flexibility index (Phi) is 4.00. The van der Waals surface area contributed by atoms with E-state index in [0.29, 0.717) is 11.3 Å². The highest BCUT2D eigenvalue weighted by Crippen LogP contribution is 2.13. The van der Waals surface area contributed by atoms with Crippen LogP contribution in [0.1, 0.15) is 22.8 Å². The number of carbonyl (C=O) groups is 2. The summed E-state index contributed by atoms with van der Waals surface area (Å²) in [5.41, 5.74) is 1.38. The molecule has 2 aromatic rings. The van der Waals surface area contributed by atoms with Crippen LogP contribution in [-0.4, -0.2) is 21.6 Å². The number of hydrogen-bond donors (Lipinski definition) is 2. The van der Waals surface area contributed by atoms with Gasteiger partial charge in [0.2, 0.25) is 0 Å². The number of aryl methyl sites for hydroxylation is 1. The Bertz CT molecular complexity index is 725. The van der Waals surface area contributed by atoms with E-state index in [9.17, 15) is 9.59 Å². The molecule has 1 aromatic carbocycles. The van der Waals surface area contributed by atoms with Crippen LogP contribution in [0.25, 0.3) is 0 Å². The maximum absolute atomic E-state index is 11.8. The lowest BCUT2D eigenvalue weighted by Gasteiger charge is -2.06. The average Bonchev–Trinajstić information content (AvgIpc) is 2.79. The number of ketones is 1. The van der Waals surface area contributed by atoms with Gasteiger partial charge < -0.3 is 5.32 Å². The zero-order valence-electron chi connectivity index (χ0n) is 11.5. The quantitative estimate of drug-likeness (QED) is 0.843. The summed E-state index contributed by atoms with van der Waals surface area (Å²) in [6.45, 7) is 1.47. The van der Waals surface area contributed by atoms with Crippen molar-refractivity contribution in [1.29, 1.82) is 5.26 Å². The minimum Gasteiger partial charge on any atom is -0.308 e. The third-order valence-electron chi connectivity index (χ3n) is 2.73. The molecule has 0 aliphatic heterocycles. The van der Waals surface area contributed by atoms with Crippen molar-refractivity contribution in [2.75, 3.05) is 10.6 Å². The van der Waals surface area contributed by atoms with Crippen LogP contribution in [0, 0.1) is 11.3 Å². The standard InChI is InChI=1S/C14H13N5O2/c1-9(20)10-3-5-12(6-4-10)16-14(21)17-13-11(7-15)8-19(2)18-13/h3-6,8H,1-2H3,(H2,16,17,18,21). The zero-order valence-corrected chi connectivity index (χ0v) is 11.5. The third kappa shape index (κ3) is 3.45. The van der Waals surface area contributed by atoms with Crippen LogP contribution in [0.3, 0.4) is 0 Å². The largest absolute Gasteiger partial charge is 0.324 e. The number of Topliss-reactive ketones (excluding diaryl/α,β-unsaturated/α-hetero) is 1. The number of amides is 2. The van der Waals surface area contributed by atoms with Gasteiger partial charge in [-0.1, -0.05) is 0 Å². The predicted molar refractivity (Wildman–Crippen MR) is 77.0 cm³/mol. The molecule has 1 heterocycles. The highest BCUT2D eigenvalue weighted by Gasteiger charge is 2.11. The fourth-order valence-corrected chi connectivity index (χ4v) is 1.72. The first-order valence-corrected chi connectivity index (χ1v) is 6.12. The fraction of sp³-hybridized carbons (Fsp3) is 0.143. The molecule has 2 amide bonds. The molecular formula is C14H13N5O2. The molecule has 0 saturated carbocycles. The second-order valence-corrected chi connectivity index (χ2v) is 4.39. The van der Waals surface area contributed by atoms with Crippen molar-refractivity contribution in [3.05, 3.63) is 41.6 Å². The minimum absolute atomic E-state index is 0.0434. The first-order chi connectivity index (χ1) is 9.99. The third-order valence-corrected chi connectivity index (χ3v) is 2.73. The highest BCUT2D eigenvalue weighted by molar-refractivity contribution is 6.00. The van der Waals surface area contributed by atoms with E-state index in [4.69, 9.17) is 5.26 Å². The first-order valence-electron chi connectivity index (χ1n) is 6.12. The van der Waals surface area contributed by atoms with Gasteiger partial charge in [-0.15, -0.1) is 0 Å². The lowest BCUT2D eigenvalue weighted by atomic mass is 10.1. The summed E-state index contributed by atoms with van der Waals surface area (Å²) >= 11 is 0. The van der Waals surface area contributed by atoms with Gasteiger partial charge in [-0.3, -0.25) is 14.8 Å². The van der Waals surface area contributed by atoms with Gasteiger partial charge in [0.15, 0.2) is 11.6 Å². The number of carbonyl (C=O) groups excluding carboxylic acids is 2. The Labute approximate surface area is 121 Å². The Morgan fingerprint density at radius 3 is 2.48 bits per heavy atom. The second kappa shape index (κ2) is 5.88. The molecule has 2 N–H and O–H groups in total. The van der Waals surface area contributed by atoms with Gasteiger partial charge in [-0.05, 0) is 31.2 Å². The topological polar surface area (TPSA) is 99.8 Å². The number of urea groups is 1. The number of hydrogen-bond acceptors (Lipinski definition) is 4. The highest BCUT2D eigenvalue weighted by atomic mass is 16.2. The van der Waals surface area contributed by atoms with Crippen molar-refractivity contribution in [2.24, 2.45) is 7.05 Å². The fourth-order valence-electron chi connectivity index (χ4n) is 1.72. The molecule has 0 spiro atoms. The number of nitrogens with one attached hydrogen (secondary N) is 2. The number of anilines is 2. The number of rotatable bonds is 3. The van der Waals surface area contributed by atoms with E-state index >= 15 is 0 Å². The smallest absolute Gasteiger partial charge is 0.308 e. The van der Waals surface area contributed by atoms with Crippen molar-refractivity contribution < 1.29 is 9.59 Å². The molecule has 106 valence electrons. The molecular weight excluding hydrogens is 270 g/mol. The second-order valence-electron chi connectivity index (χ2n) is 4.39. The molecule has 1 aromatic heterocycles. The van der Waals surface area contributed by atoms with Crippen molar-refractivity contribution in [1.82, 2.24) is 9.78 Å². The average molecular weight is 283 g/mol. The molecule has 2 rings (SSSR count). The molecule has 0 unspecified atom stereocenters. The van der Waals surface area contributed by atoms with E-state index in [1.54, 1.807) is 31.3 Å². The van der Waals surface area contributed by atoms with E-state index in [2.05, 4.69) is 15.7 Å². The predicted octanol–water partition coefficient (Wildman–Crippen LogP) is 2.14. The summed E-state index contributed by atoms with van der Waals surface area (Å²) in [7, 11) is 1.66. The Balaban J connectivity index is 2.04. The molecule has 0 bridgehead atoms. The van der Waals surface area contributed by atoms with Crippen molar-refractivity contribution in [2.45, 2.75) is 6.92 Å². The van der Waals surface area contributed by atoms with Crippen LogP contribution in [0.2, 0.25) is 0 Å². The summed E-state index contributed by atoms with van der Waals surface area (Å²) in [5.74, 6) is 0.149. The number of benzene rings is 1. The van der Waals surface area contributed by atoms with Crippen LogP contribution < -0.4 is 10.6 Å². The van der Waals surface area contributed by atoms with E-state index in [-0.39, 0.29) is 17.2 Å². The van der Waals surface area contributed by atoms with Crippen LogP contribution in [0.15, 0.2) is 30.5 Å². The van der Waals surface area contributed by atoms with Gasteiger partial charge in [0.05, 0.1) is 0 Å². The normalized spacial score (nSPS) is 9.76. The van der Waals surface area contributed by atoms with Crippen LogP contribution in [-0.2, 0) is 7.05 Å². The Morgan fingerprint density at radius 2 is 1.90 bits per heavy atom. The zero-order chi connectivity index (χ0) is 15.4. The lowest BCUT2D eigenvalue weighted by Crippen LogP contribution is -2.20. The summed E-state index contributed by atoms with van der Waals surface area (Å²) < 4.78 is 1.44. The summed E-state index contributed by atoms with van der Waals surface area (Å²) in [6, 6.07) is 7.93. The summed E-state index contributed by atoms with van der Waals surface area (Å²) in [5, 5.41) is 18.0.